The van der Waals surface area contributed by atoms with E-state index in [1.807, 2.05) is 13.0 Å². The molecule has 5 rings (SSSR count). The molecule has 1 aromatic rings. The molecule has 0 aliphatic heterocycles. The van der Waals surface area contributed by atoms with E-state index in [1.165, 1.54) is 11.6 Å². The molecular weight excluding hydrogens is 624 g/mol. The Morgan fingerprint density at radius 1 is 1.04 bits per heavy atom. The number of methoxy groups -OCH3 is 1. The zero-order chi connectivity index (χ0) is 35.0. The van der Waals surface area contributed by atoms with Crippen molar-refractivity contribution in [3.05, 3.63) is 35.4 Å². The van der Waals surface area contributed by atoms with Gasteiger partial charge in [0.2, 0.25) is 11.7 Å². The predicted molar refractivity (Wildman–Crippen MR) is 166 cm³/mol. The van der Waals surface area contributed by atoms with E-state index in [0.29, 0.717) is 36.7 Å². The minimum Gasteiger partial charge on any atom is -0.871 e. The average molecular weight is 670 g/mol. The molecule has 4 aliphatic rings. The van der Waals surface area contributed by atoms with E-state index in [2.05, 4.69) is 12.2 Å². The molecule has 48 heavy (non-hydrogen) atoms. The van der Waals surface area contributed by atoms with Crippen molar-refractivity contribution in [3.63, 3.8) is 0 Å². The Morgan fingerprint density at radius 2 is 1.77 bits per heavy atom. The lowest BCUT2D eigenvalue weighted by atomic mass is 9.46. The van der Waals surface area contributed by atoms with Gasteiger partial charge >= 0.3 is 11.9 Å². The Labute approximate surface area is 279 Å². The lowest BCUT2D eigenvalue weighted by molar-refractivity contribution is -0.268. The van der Waals surface area contributed by atoms with Crippen LogP contribution in [-0.2, 0) is 39.9 Å². The molecule has 0 unspecified atom stereocenters. The molecule has 13 heteroatoms. The summed E-state index contributed by atoms with van der Waals surface area (Å²) in [7, 11) is 1.13. The molecule has 0 radical (unpaired) electrons. The van der Waals surface area contributed by atoms with Crippen molar-refractivity contribution in [2.75, 3.05) is 18.9 Å². The molecule has 262 valence electrons. The molecule has 4 aliphatic carbocycles. The Bertz CT molecular complexity index is 1510. The first kappa shape index (κ1) is 35.5. The van der Waals surface area contributed by atoms with Gasteiger partial charge in [0, 0.05) is 24.7 Å². The van der Waals surface area contributed by atoms with Crippen LogP contribution >= 0.6 is 0 Å². The molecule has 0 heterocycles. The van der Waals surface area contributed by atoms with Gasteiger partial charge in [-0.2, -0.15) is 0 Å². The number of aliphatic hydroxyl groups is 1. The van der Waals surface area contributed by atoms with Gasteiger partial charge in [0.05, 0.1) is 19.2 Å². The summed E-state index contributed by atoms with van der Waals surface area (Å²) in [5.74, 6) is -2.44. The summed E-state index contributed by atoms with van der Waals surface area (Å²) in [6.45, 7) is 3.65. The number of hydrogen-bond donors (Lipinski definition) is 4. The number of ether oxygens (including phenoxy) is 2. The van der Waals surface area contributed by atoms with Crippen LogP contribution in [0.4, 0.5) is 5.69 Å². The van der Waals surface area contributed by atoms with Crippen LogP contribution in [0.25, 0.3) is 0 Å². The third kappa shape index (κ3) is 6.47. The van der Waals surface area contributed by atoms with Crippen molar-refractivity contribution in [1.82, 2.24) is 5.32 Å². The highest BCUT2D eigenvalue weighted by atomic mass is 16.8. The van der Waals surface area contributed by atoms with Crippen LogP contribution in [0.3, 0.4) is 0 Å². The number of carbonyl (C=O) groups is 5. The van der Waals surface area contributed by atoms with Gasteiger partial charge in [0.15, 0.2) is 12.4 Å². The van der Waals surface area contributed by atoms with E-state index in [1.54, 1.807) is 0 Å². The number of carbonyl (C=O) groups excluding carboxylic acids is 5. The molecule has 1 amide bonds. The second-order valence-corrected chi connectivity index (χ2v) is 14.3. The average Bonchev–Trinajstić information content (AvgIpc) is 3.34. The summed E-state index contributed by atoms with van der Waals surface area (Å²) in [5, 5.41) is 44.2. The van der Waals surface area contributed by atoms with E-state index in [0.717, 1.165) is 44.9 Å². The number of benzene rings is 1. The number of anilines is 1. The molecule has 0 spiro atoms. The molecule has 1 aromatic carbocycles. The second-order valence-electron chi connectivity index (χ2n) is 14.3. The highest BCUT2D eigenvalue weighted by Gasteiger charge is 2.66. The van der Waals surface area contributed by atoms with Gasteiger partial charge in [-0.05, 0) is 85.8 Å². The number of ketones is 2. The SMILES string of the molecule is COC(=O)[C@H](Cc1ccc([O-])c(N(O)O)c1)NC(=O)CCC(=O)OCC(=O)[C@@]1(O)CC[C@@H]2[C@@H]3CCC4=CC(=O)CC[C@]4(C)[C@@H]3CC[C@]21C. The summed E-state index contributed by atoms with van der Waals surface area (Å²) < 4.78 is 9.99. The quantitative estimate of drug-likeness (QED) is 0.198. The van der Waals surface area contributed by atoms with E-state index >= 15 is 0 Å². The minimum atomic E-state index is -1.64. The highest BCUT2D eigenvalue weighted by Crippen LogP contribution is 2.67. The van der Waals surface area contributed by atoms with Crippen LogP contribution < -0.4 is 15.6 Å². The van der Waals surface area contributed by atoms with Crippen molar-refractivity contribution in [3.8, 4) is 5.75 Å². The molecule has 7 atom stereocenters. The summed E-state index contributed by atoms with van der Waals surface area (Å²) in [6.07, 6.45) is 6.64. The lowest BCUT2D eigenvalue weighted by Gasteiger charge is -2.58. The number of nitrogens with zero attached hydrogens (tertiary/aromatic N) is 1. The van der Waals surface area contributed by atoms with Crippen LogP contribution in [0.2, 0.25) is 0 Å². The number of nitrogens with one attached hydrogen (secondary N) is 1. The fourth-order valence-corrected chi connectivity index (χ4v) is 9.27. The number of hydrogen-bond acceptors (Lipinski definition) is 12. The Kier molecular flexibility index (Phi) is 10.1. The molecule has 4 N–H and O–H groups in total. The summed E-state index contributed by atoms with van der Waals surface area (Å²) in [6, 6.07) is 2.38. The maximum Gasteiger partial charge on any atom is 0.328 e. The van der Waals surface area contributed by atoms with E-state index < -0.39 is 58.7 Å². The van der Waals surface area contributed by atoms with Gasteiger partial charge in [-0.3, -0.25) is 29.6 Å². The Hall–Kier alpha value is -3.81. The topological polar surface area (TPSA) is 203 Å². The molecule has 0 bridgehead atoms. The normalized spacial score (nSPS) is 31.3. The number of allylic oxidation sites excluding steroid dienone is 1. The maximum absolute atomic E-state index is 13.5. The summed E-state index contributed by atoms with van der Waals surface area (Å²) >= 11 is 0. The molecule has 0 saturated heterocycles. The maximum atomic E-state index is 13.5. The van der Waals surface area contributed by atoms with E-state index in [-0.39, 0.29) is 48.0 Å². The first-order chi connectivity index (χ1) is 22.6. The Balaban J connectivity index is 1.14. The standard InChI is InChI=1S/C35H46N2O11/c1-33-13-10-22(38)18-21(33)5-6-23-24(33)11-14-34(2)25(23)12-15-35(34,44)29(40)19-48-31(42)9-8-30(41)36-26(32(43)47-3)16-20-4-7-28(39)27(17-20)37(45)46/h4,7,17-18,23-26,39,44-46H,5-6,8-16,19H2,1-3H3,(H,36,41)/p-1/t23-,24-,25-,26+,33+,34-,35+/m1/s1. The lowest BCUT2D eigenvalue weighted by Crippen LogP contribution is -2.58. The van der Waals surface area contributed by atoms with Crippen LogP contribution in [0, 0.1) is 28.6 Å². The van der Waals surface area contributed by atoms with E-state index in [4.69, 9.17) is 9.47 Å². The summed E-state index contributed by atoms with van der Waals surface area (Å²) in [4.78, 5) is 63.2. The summed E-state index contributed by atoms with van der Waals surface area (Å²) in [5.41, 5.74) is -1.21. The number of amides is 1. The minimum absolute atomic E-state index is 0.0316. The van der Waals surface area contributed by atoms with Crippen molar-refractivity contribution < 1.29 is 54.1 Å². The number of Topliss-reactive ketones (excluding diaryl/α,β-unsaturated/α-hetero) is 1. The number of fused-ring (bicyclic) bond motifs is 5. The molecule has 3 fully saturated rings. The number of rotatable bonds is 11. The van der Waals surface area contributed by atoms with Crippen molar-refractivity contribution in [2.45, 2.75) is 96.1 Å². The van der Waals surface area contributed by atoms with Gasteiger partial charge in [-0.25, -0.2) is 4.79 Å². The van der Waals surface area contributed by atoms with Gasteiger partial charge in [0.25, 0.3) is 0 Å². The third-order valence-electron chi connectivity index (χ3n) is 12.0. The molecular formula is C35H45N2O11-. The van der Waals surface area contributed by atoms with E-state index in [9.17, 15) is 44.6 Å². The van der Waals surface area contributed by atoms with Crippen LogP contribution in [-0.4, -0.2) is 70.3 Å². The first-order valence-electron chi connectivity index (χ1n) is 16.6. The first-order valence-corrected chi connectivity index (χ1v) is 16.6. The molecule has 13 nitrogen and oxygen atoms in total. The largest absolute Gasteiger partial charge is 0.871 e. The monoisotopic (exact) mass is 669 g/mol. The Morgan fingerprint density at radius 3 is 2.48 bits per heavy atom. The van der Waals surface area contributed by atoms with Crippen molar-refractivity contribution >= 4 is 35.1 Å². The van der Waals surface area contributed by atoms with Crippen LogP contribution in [0.15, 0.2) is 29.8 Å². The smallest absolute Gasteiger partial charge is 0.328 e. The van der Waals surface area contributed by atoms with Crippen molar-refractivity contribution in [1.29, 1.82) is 0 Å². The van der Waals surface area contributed by atoms with Gasteiger partial charge in [-0.15, -0.1) is 5.23 Å². The zero-order valence-electron chi connectivity index (χ0n) is 27.7. The second kappa shape index (κ2) is 13.6. The van der Waals surface area contributed by atoms with Gasteiger partial charge < -0.3 is 25.0 Å². The zero-order valence-corrected chi connectivity index (χ0v) is 27.7. The van der Waals surface area contributed by atoms with Gasteiger partial charge in [-0.1, -0.05) is 37.3 Å². The van der Waals surface area contributed by atoms with Crippen LogP contribution in [0.1, 0.15) is 83.6 Å². The third-order valence-corrected chi connectivity index (χ3v) is 12.0. The van der Waals surface area contributed by atoms with Gasteiger partial charge in [0.1, 0.15) is 11.6 Å². The number of esters is 2. The fourth-order valence-electron chi connectivity index (χ4n) is 9.27. The molecule has 0 aromatic heterocycles. The van der Waals surface area contributed by atoms with Crippen LogP contribution in [0.5, 0.6) is 5.75 Å². The molecule has 3 saturated carbocycles. The highest BCUT2D eigenvalue weighted by molar-refractivity contribution is 5.92. The predicted octanol–water partition coefficient (Wildman–Crippen LogP) is 2.70. The van der Waals surface area contributed by atoms with Crippen molar-refractivity contribution in [2.24, 2.45) is 28.6 Å². The fraction of sp³-hybridized carbons (Fsp3) is 0.629.